The fourth-order valence-electron chi connectivity index (χ4n) is 1.22. The predicted molar refractivity (Wildman–Crippen MR) is 61.2 cm³/mol. The lowest BCUT2D eigenvalue weighted by Gasteiger charge is -2.15. The lowest BCUT2D eigenvalue weighted by atomic mass is 9.96. The second kappa shape index (κ2) is 4.33. The second-order valence-corrected chi connectivity index (χ2v) is 4.65. The van der Waals surface area contributed by atoms with Crippen molar-refractivity contribution in [1.82, 2.24) is 0 Å². The molecule has 3 heteroatoms. The second-order valence-electron chi connectivity index (χ2n) is 4.24. The summed E-state index contributed by atoms with van der Waals surface area (Å²) in [7, 11) is 0. The summed E-state index contributed by atoms with van der Waals surface area (Å²) in [6.45, 7) is 4.89. The van der Waals surface area contributed by atoms with Gasteiger partial charge in [-0.25, -0.2) is 0 Å². The third-order valence-electron chi connectivity index (χ3n) is 2.27. The normalized spacial score (nSPS) is 11.5. The third kappa shape index (κ3) is 3.33. The number of carbonyl (C=O) groups is 1. The van der Waals surface area contributed by atoms with Crippen molar-refractivity contribution in [2.75, 3.05) is 0 Å². The Bertz CT molecular complexity index is 378. The summed E-state index contributed by atoms with van der Waals surface area (Å²) in [6.07, 6.45) is 0.238. The maximum atomic E-state index is 11.5. The molecule has 0 saturated carbocycles. The molecule has 0 heterocycles. The number of hydrogen-bond donors (Lipinski definition) is 1. The van der Waals surface area contributed by atoms with Crippen LogP contribution < -0.4 is 0 Å². The molecule has 0 radical (unpaired) electrons. The number of carbonyl (C=O) groups excluding carboxylic acids is 1. The molecule has 0 bridgehead atoms. The number of rotatable bonds is 3. The first-order valence-electron chi connectivity index (χ1n) is 4.81. The number of ketones is 1. The molecule has 0 aliphatic rings. The van der Waals surface area contributed by atoms with Crippen LogP contribution in [-0.2, 0) is 11.2 Å². The van der Waals surface area contributed by atoms with Crippen molar-refractivity contribution < 1.29 is 9.90 Å². The first-order chi connectivity index (χ1) is 6.80. The van der Waals surface area contributed by atoms with Gasteiger partial charge in [0.05, 0.1) is 0 Å². The van der Waals surface area contributed by atoms with Gasteiger partial charge >= 0.3 is 0 Å². The number of halogens is 1. The van der Waals surface area contributed by atoms with Crippen molar-refractivity contribution >= 4 is 17.4 Å². The van der Waals surface area contributed by atoms with Gasteiger partial charge in [0.2, 0.25) is 0 Å². The highest BCUT2D eigenvalue weighted by Gasteiger charge is 2.23. The fraction of sp³-hybridized carbons (Fsp3) is 0.417. The topological polar surface area (TPSA) is 37.3 Å². The van der Waals surface area contributed by atoms with Crippen molar-refractivity contribution in [3.63, 3.8) is 0 Å². The van der Waals surface area contributed by atoms with E-state index in [2.05, 4.69) is 0 Å². The highest BCUT2D eigenvalue weighted by atomic mass is 35.5. The van der Waals surface area contributed by atoms with E-state index in [9.17, 15) is 9.90 Å². The van der Waals surface area contributed by atoms with Crippen LogP contribution in [0, 0.1) is 6.92 Å². The zero-order chi connectivity index (χ0) is 11.6. The van der Waals surface area contributed by atoms with Gasteiger partial charge in [-0.3, -0.25) is 4.79 Å². The van der Waals surface area contributed by atoms with Crippen molar-refractivity contribution in [2.24, 2.45) is 0 Å². The van der Waals surface area contributed by atoms with E-state index in [1.165, 1.54) is 13.8 Å². The monoisotopic (exact) mass is 226 g/mol. The fourth-order valence-corrected chi connectivity index (χ4v) is 1.34. The maximum Gasteiger partial charge on any atom is 0.168 e. The van der Waals surface area contributed by atoms with Crippen LogP contribution in [0.25, 0.3) is 0 Å². The van der Waals surface area contributed by atoms with E-state index in [0.29, 0.717) is 5.02 Å². The van der Waals surface area contributed by atoms with Crippen molar-refractivity contribution in [1.29, 1.82) is 0 Å². The van der Waals surface area contributed by atoms with E-state index in [-0.39, 0.29) is 12.2 Å². The lowest BCUT2D eigenvalue weighted by Crippen LogP contribution is -2.32. The van der Waals surface area contributed by atoms with E-state index < -0.39 is 5.60 Å². The minimum atomic E-state index is -1.27. The maximum absolute atomic E-state index is 11.5. The first-order valence-corrected chi connectivity index (χ1v) is 5.19. The van der Waals surface area contributed by atoms with Crippen LogP contribution >= 0.6 is 11.6 Å². The minimum absolute atomic E-state index is 0.191. The molecule has 1 aromatic carbocycles. The molecule has 0 aliphatic heterocycles. The van der Waals surface area contributed by atoms with E-state index in [1.807, 2.05) is 13.0 Å². The minimum Gasteiger partial charge on any atom is -0.383 e. The molecule has 1 N–H and O–H groups in total. The molecule has 0 unspecified atom stereocenters. The number of aliphatic hydroxyl groups is 1. The van der Waals surface area contributed by atoms with E-state index in [1.54, 1.807) is 12.1 Å². The molecular formula is C12H15ClO2. The van der Waals surface area contributed by atoms with Crippen LogP contribution in [0.15, 0.2) is 18.2 Å². The van der Waals surface area contributed by atoms with E-state index in [0.717, 1.165) is 11.1 Å². The summed E-state index contributed by atoms with van der Waals surface area (Å²) in [5.41, 5.74) is 0.551. The van der Waals surface area contributed by atoms with Crippen LogP contribution in [0.4, 0.5) is 0 Å². The van der Waals surface area contributed by atoms with Crippen LogP contribution in [0.2, 0.25) is 5.02 Å². The number of aryl methyl sites for hydroxylation is 1. The SMILES string of the molecule is Cc1cc(CC(=O)C(C)(C)O)ccc1Cl. The third-order valence-corrected chi connectivity index (χ3v) is 2.69. The van der Waals surface area contributed by atoms with Gasteiger partial charge in [-0.2, -0.15) is 0 Å². The molecule has 15 heavy (non-hydrogen) atoms. The van der Waals surface area contributed by atoms with Gasteiger partial charge in [0, 0.05) is 11.4 Å². The Kier molecular flexibility index (Phi) is 3.53. The van der Waals surface area contributed by atoms with Gasteiger partial charge in [0.1, 0.15) is 5.60 Å². The van der Waals surface area contributed by atoms with Gasteiger partial charge < -0.3 is 5.11 Å². The molecule has 0 amide bonds. The zero-order valence-electron chi connectivity index (χ0n) is 9.17. The zero-order valence-corrected chi connectivity index (χ0v) is 9.93. The molecule has 2 nitrogen and oxygen atoms in total. The Morgan fingerprint density at radius 3 is 2.53 bits per heavy atom. The molecule has 0 saturated heterocycles. The lowest BCUT2D eigenvalue weighted by molar-refractivity contribution is -0.133. The van der Waals surface area contributed by atoms with Gasteiger partial charge in [-0.1, -0.05) is 23.7 Å². The molecule has 1 aromatic rings. The highest BCUT2D eigenvalue weighted by molar-refractivity contribution is 6.31. The predicted octanol–water partition coefficient (Wildman–Crippen LogP) is 2.53. The molecule has 0 spiro atoms. The molecule has 0 aliphatic carbocycles. The van der Waals surface area contributed by atoms with Crippen LogP contribution in [0.5, 0.6) is 0 Å². The van der Waals surface area contributed by atoms with Gasteiger partial charge in [-0.15, -0.1) is 0 Å². The molecule has 82 valence electrons. The summed E-state index contributed by atoms with van der Waals surface area (Å²) in [5, 5.41) is 10.2. The van der Waals surface area contributed by atoms with Crippen molar-refractivity contribution in [3.8, 4) is 0 Å². The number of Topliss-reactive ketones (excluding diaryl/α,β-unsaturated/α-hetero) is 1. The summed E-state index contributed by atoms with van der Waals surface area (Å²) >= 11 is 5.87. The van der Waals surface area contributed by atoms with Crippen molar-refractivity contribution in [3.05, 3.63) is 34.3 Å². The smallest absolute Gasteiger partial charge is 0.168 e. The largest absolute Gasteiger partial charge is 0.383 e. The standard InChI is InChI=1S/C12H15ClO2/c1-8-6-9(4-5-10(8)13)7-11(14)12(2,3)15/h4-6,15H,7H2,1-3H3. The quantitative estimate of drug-likeness (QED) is 0.860. The summed E-state index contributed by atoms with van der Waals surface area (Å²) in [6, 6.07) is 5.44. The van der Waals surface area contributed by atoms with Crippen LogP contribution in [0.1, 0.15) is 25.0 Å². The van der Waals surface area contributed by atoms with Gasteiger partial charge in [-0.05, 0) is 38.0 Å². The Balaban J connectivity index is 2.83. The van der Waals surface area contributed by atoms with Crippen LogP contribution in [-0.4, -0.2) is 16.5 Å². The Labute approximate surface area is 94.9 Å². The molecule has 0 aromatic heterocycles. The average molecular weight is 227 g/mol. The molecule has 1 rings (SSSR count). The highest BCUT2D eigenvalue weighted by Crippen LogP contribution is 2.18. The van der Waals surface area contributed by atoms with Gasteiger partial charge in [0.25, 0.3) is 0 Å². The van der Waals surface area contributed by atoms with E-state index >= 15 is 0 Å². The Morgan fingerprint density at radius 2 is 2.07 bits per heavy atom. The Morgan fingerprint density at radius 1 is 1.47 bits per heavy atom. The first kappa shape index (κ1) is 12.2. The number of hydrogen-bond acceptors (Lipinski definition) is 2. The summed E-state index contributed by atoms with van der Waals surface area (Å²) < 4.78 is 0. The Hall–Kier alpha value is -0.860. The van der Waals surface area contributed by atoms with Gasteiger partial charge in [0.15, 0.2) is 5.78 Å². The van der Waals surface area contributed by atoms with Crippen molar-refractivity contribution in [2.45, 2.75) is 32.8 Å². The molecular weight excluding hydrogens is 212 g/mol. The average Bonchev–Trinajstić information content (AvgIpc) is 2.10. The summed E-state index contributed by atoms with van der Waals surface area (Å²) in [4.78, 5) is 11.5. The van der Waals surface area contributed by atoms with Crippen LogP contribution in [0.3, 0.4) is 0 Å². The molecule has 0 fully saturated rings. The summed E-state index contributed by atoms with van der Waals surface area (Å²) in [5.74, 6) is -0.191. The van der Waals surface area contributed by atoms with E-state index in [4.69, 9.17) is 11.6 Å². The number of benzene rings is 1. The molecule has 0 atom stereocenters.